The van der Waals surface area contributed by atoms with Crippen LogP contribution in [0, 0.1) is 0 Å². The Morgan fingerprint density at radius 3 is 1.37 bits per heavy atom. The van der Waals surface area contributed by atoms with Gasteiger partial charge in [0.2, 0.25) is 11.4 Å². The largest absolute Gasteiger partial charge is 0.243 e. The maximum Gasteiger partial charge on any atom is 0.243 e. The van der Waals surface area contributed by atoms with Crippen LogP contribution in [0.1, 0.15) is 6.92 Å². The van der Waals surface area contributed by atoms with Crippen LogP contribution in [-0.2, 0) is 0 Å². The first-order valence-corrected chi connectivity index (χ1v) is 9.37. The second-order valence-corrected chi connectivity index (χ2v) is 6.46. The van der Waals surface area contributed by atoms with Crippen LogP contribution in [0.3, 0.4) is 0 Å². The molecule has 0 amide bonds. The number of nitrogens with one attached hydrogen (secondary N) is 1. The Hall–Kier alpha value is -3.39. The Morgan fingerprint density at radius 1 is 0.556 bits per heavy atom. The van der Waals surface area contributed by atoms with E-state index in [1.165, 1.54) is 22.3 Å². The lowest BCUT2D eigenvalue weighted by Crippen LogP contribution is -2.49. The van der Waals surface area contributed by atoms with Gasteiger partial charge in [0.25, 0.3) is 0 Å². The van der Waals surface area contributed by atoms with Crippen molar-refractivity contribution in [3.05, 3.63) is 103 Å². The van der Waals surface area contributed by atoms with Crippen LogP contribution >= 0.6 is 0 Å². The van der Waals surface area contributed by atoms with Gasteiger partial charge in [0.15, 0.2) is 0 Å². The highest BCUT2D eigenvalue weighted by Crippen LogP contribution is 2.28. The lowest BCUT2D eigenvalue weighted by Gasteiger charge is -2.12. The van der Waals surface area contributed by atoms with E-state index in [-0.39, 0.29) is 0 Å². The Kier molecular flexibility index (Phi) is 4.97. The zero-order valence-electron chi connectivity index (χ0n) is 15.5. The van der Waals surface area contributed by atoms with Gasteiger partial charge in [0, 0.05) is 23.3 Å². The van der Waals surface area contributed by atoms with Gasteiger partial charge in [-0.05, 0) is 42.3 Å². The molecule has 0 aliphatic heterocycles. The van der Waals surface area contributed by atoms with Crippen molar-refractivity contribution >= 4 is 0 Å². The molecule has 2 heteroatoms. The Morgan fingerprint density at radius 2 is 0.963 bits per heavy atom. The molecular weight excluding hydrogens is 328 g/mol. The molecule has 4 aromatic rings. The summed E-state index contributed by atoms with van der Waals surface area (Å²) >= 11 is 0. The molecule has 0 aliphatic rings. The van der Waals surface area contributed by atoms with E-state index in [9.17, 15) is 0 Å². The molecule has 3 aromatic carbocycles. The molecule has 132 valence electrons. The number of rotatable bonds is 5. The summed E-state index contributed by atoms with van der Waals surface area (Å²) in [6.45, 7) is 2.97. The predicted octanol–water partition coefficient (Wildman–Crippen LogP) is 5.54. The summed E-state index contributed by atoms with van der Waals surface area (Å²) in [4.78, 5) is 0. The first-order valence-electron chi connectivity index (χ1n) is 9.37. The van der Waals surface area contributed by atoms with E-state index in [0.29, 0.717) is 0 Å². The summed E-state index contributed by atoms with van der Waals surface area (Å²) in [5.41, 5.74) is 10.6. The molecule has 0 saturated heterocycles. The van der Waals surface area contributed by atoms with Gasteiger partial charge < -0.3 is 0 Å². The smallest absolute Gasteiger partial charge is 0.192 e. The second kappa shape index (κ2) is 7.88. The quantitative estimate of drug-likeness (QED) is 0.467. The van der Waals surface area contributed by atoms with Crippen LogP contribution in [0.25, 0.3) is 33.6 Å². The number of hydrogen-bond donors (Lipinski definition) is 1. The third-order valence-corrected chi connectivity index (χ3v) is 4.63. The number of nitrogens with zero attached hydrogens (tertiary/aromatic N) is 1. The van der Waals surface area contributed by atoms with Gasteiger partial charge in [0.1, 0.15) is 0 Å². The Balaban J connectivity index is 2.01. The molecule has 0 radical (unpaired) electrons. The summed E-state index contributed by atoms with van der Waals surface area (Å²) in [5.74, 6) is 0. The molecule has 0 bridgehead atoms. The molecular formula is C25H23N2+. The second-order valence-electron chi connectivity index (χ2n) is 6.46. The van der Waals surface area contributed by atoms with E-state index < -0.39 is 0 Å². The molecule has 2 nitrogen and oxygen atoms in total. The van der Waals surface area contributed by atoms with Crippen LogP contribution in [0.5, 0.6) is 0 Å². The fourth-order valence-corrected chi connectivity index (χ4v) is 3.36. The molecule has 0 aliphatic carbocycles. The van der Waals surface area contributed by atoms with Crippen molar-refractivity contribution in [1.29, 1.82) is 0 Å². The van der Waals surface area contributed by atoms with Gasteiger partial charge >= 0.3 is 0 Å². The first-order chi connectivity index (χ1) is 13.4. The van der Waals surface area contributed by atoms with E-state index in [4.69, 9.17) is 0 Å². The van der Waals surface area contributed by atoms with E-state index >= 15 is 0 Å². The molecule has 0 fully saturated rings. The first kappa shape index (κ1) is 17.0. The fraction of sp³-hybridized carbons (Fsp3) is 0.0800. The van der Waals surface area contributed by atoms with Crippen LogP contribution < -0.4 is 10.1 Å². The summed E-state index contributed by atoms with van der Waals surface area (Å²) in [6, 6.07) is 36.2. The van der Waals surface area contributed by atoms with Gasteiger partial charge in [-0.25, -0.2) is 0 Å². The van der Waals surface area contributed by atoms with Crippen molar-refractivity contribution < 1.29 is 4.68 Å². The van der Waals surface area contributed by atoms with Crippen LogP contribution in [-0.4, -0.2) is 6.54 Å². The number of aromatic nitrogens is 1. The minimum atomic E-state index is 0.842. The minimum Gasteiger partial charge on any atom is -0.192 e. The van der Waals surface area contributed by atoms with Gasteiger partial charge in [-0.2, -0.15) is 5.43 Å². The summed E-state index contributed by atoms with van der Waals surface area (Å²) in [6.07, 6.45) is 0. The summed E-state index contributed by atoms with van der Waals surface area (Å²) in [7, 11) is 0. The van der Waals surface area contributed by atoms with Crippen molar-refractivity contribution in [3.8, 4) is 33.6 Å². The summed E-state index contributed by atoms with van der Waals surface area (Å²) < 4.78 is 2.21. The molecule has 0 saturated carbocycles. The van der Waals surface area contributed by atoms with Crippen LogP contribution in [0.4, 0.5) is 0 Å². The molecule has 27 heavy (non-hydrogen) atoms. The SMILES string of the molecule is CCN[n+]1c(-c2ccccc2)cc(-c2ccccc2)cc1-c1ccccc1. The van der Waals surface area contributed by atoms with Crippen molar-refractivity contribution in [2.45, 2.75) is 6.92 Å². The van der Waals surface area contributed by atoms with Crippen molar-refractivity contribution in [1.82, 2.24) is 0 Å². The molecule has 1 aromatic heterocycles. The van der Waals surface area contributed by atoms with E-state index in [2.05, 4.69) is 120 Å². The van der Waals surface area contributed by atoms with E-state index in [0.717, 1.165) is 17.9 Å². The number of hydrogen-bond acceptors (Lipinski definition) is 1. The molecule has 1 N–H and O–H groups in total. The lowest BCUT2D eigenvalue weighted by molar-refractivity contribution is -0.627. The Bertz CT molecular complexity index is 949. The van der Waals surface area contributed by atoms with E-state index in [1.807, 2.05) is 0 Å². The molecule has 1 heterocycles. The van der Waals surface area contributed by atoms with E-state index in [1.54, 1.807) is 0 Å². The standard InChI is InChI=1S/C25H23N2/c1-2-26-27-24(21-14-8-4-9-15-21)18-23(20-12-6-3-7-13-20)19-25(27)22-16-10-5-11-17-22/h3-19,26H,2H2,1H3/q+1. The Labute approximate surface area is 160 Å². The van der Waals surface area contributed by atoms with Gasteiger partial charge in [-0.15, -0.1) is 0 Å². The lowest BCUT2D eigenvalue weighted by atomic mass is 10.00. The average molecular weight is 351 g/mol. The highest BCUT2D eigenvalue weighted by molar-refractivity contribution is 5.73. The van der Waals surface area contributed by atoms with Gasteiger partial charge in [-0.1, -0.05) is 71.4 Å². The summed E-state index contributed by atoms with van der Waals surface area (Å²) in [5, 5.41) is 0. The monoisotopic (exact) mass is 351 g/mol. The molecule has 0 unspecified atom stereocenters. The zero-order chi connectivity index (χ0) is 18.5. The fourth-order valence-electron chi connectivity index (χ4n) is 3.36. The molecule has 4 rings (SSSR count). The molecule has 0 spiro atoms. The predicted molar refractivity (Wildman–Crippen MR) is 113 cm³/mol. The highest BCUT2D eigenvalue weighted by Gasteiger charge is 2.22. The number of pyridine rings is 1. The number of benzene rings is 3. The molecule has 0 atom stereocenters. The van der Waals surface area contributed by atoms with Crippen molar-refractivity contribution in [3.63, 3.8) is 0 Å². The third kappa shape index (κ3) is 3.61. The minimum absolute atomic E-state index is 0.842. The topological polar surface area (TPSA) is 15.9 Å². The average Bonchev–Trinajstić information content (AvgIpc) is 2.76. The third-order valence-electron chi connectivity index (χ3n) is 4.63. The van der Waals surface area contributed by atoms with Crippen LogP contribution in [0.15, 0.2) is 103 Å². The van der Waals surface area contributed by atoms with Crippen molar-refractivity contribution in [2.24, 2.45) is 0 Å². The maximum absolute atomic E-state index is 3.54. The zero-order valence-corrected chi connectivity index (χ0v) is 15.5. The van der Waals surface area contributed by atoms with Gasteiger partial charge in [-0.3, -0.25) is 0 Å². The normalized spacial score (nSPS) is 10.6. The van der Waals surface area contributed by atoms with Crippen molar-refractivity contribution in [2.75, 3.05) is 12.0 Å². The highest BCUT2D eigenvalue weighted by atomic mass is 15.4. The van der Waals surface area contributed by atoms with Crippen LogP contribution in [0.2, 0.25) is 0 Å². The maximum atomic E-state index is 3.54. The van der Waals surface area contributed by atoms with Gasteiger partial charge in [0.05, 0.1) is 6.54 Å².